The molecule has 0 spiro atoms. The SMILES string of the molecule is O=P(Cl)(Oc1ccccc1C(Cl)Cl)Oc1ccccc1C(Cl)Cl. The topological polar surface area (TPSA) is 35.5 Å². The van der Waals surface area contributed by atoms with Crippen molar-refractivity contribution in [2.24, 2.45) is 0 Å². The highest BCUT2D eigenvalue weighted by molar-refractivity contribution is 7.82. The molecule has 0 N–H and O–H groups in total. The summed E-state index contributed by atoms with van der Waals surface area (Å²) in [6.45, 7) is -4.03. The van der Waals surface area contributed by atoms with E-state index >= 15 is 0 Å². The molecule has 0 radical (unpaired) electrons. The van der Waals surface area contributed by atoms with Gasteiger partial charge in [-0.15, -0.1) is 0 Å². The van der Waals surface area contributed by atoms with Crippen LogP contribution in [0.15, 0.2) is 48.5 Å². The molecular weight excluding hydrogens is 424 g/mol. The molecule has 0 aliphatic carbocycles. The van der Waals surface area contributed by atoms with Gasteiger partial charge >= 0.3 is 6.95 Å². The first-order chi connectivity index (χ1) is 10.8. The zero-order valence-electron chi connectivity index (χ0n) is 11.3. The van der Waals surface area contributed by atoms with Gasteiger partial charge in [0.1, 0.15) is 21.2 Å². The van der Waals surface area contributed by atoms with E-state index in [2.05, 4.69) is 0 Å². The average Bonchev–Trinajstić information content (AvgIpc) is 2.47. The lowest BCUT2D eigenvalue weighted by atomic mass is 10.2. The van der Waals surface area contributed by atoms with E-state index < -0.39 is 16.6 Å². The normalized spacial score (nSPS) is 11.8. The Labute approximate surface area is 158 Å². The fourth-order valence-electron chi connectivity index (χ4n) is 1.74. The number of benzene rings is 2. The number of halogens is 5. The van der Waals surface area contributed by atoms with Crippen LogP contribution < -0.4 is 9.05 Å². The molecule has 2 aromatic rings. The van der Waals surface area contributed by atoms with E-state index in [0.29, 0.717) is 11.1 Å². The number of hydrogen-bond donors (Lipinski definition) is 0. The molecule has 0 aromatic heterocycles. The molecule has 0 saturated carbocycles. The maximum Gasteiger partial charge on any atom is 0.530 e. The van der Waals surface area contributed by atoms with E-state index in [-0.39, 0.29) is 11.5 Å². The Balaban J connectivity index is 2.26. The van der Waals surface area contributed by atoms with Gasteiger partial charge in [-0.25, -0.2) is 4.57 Å². The summed E-state index contributed by atoms with van der Waals surface area (Å²) in [5, 5.41) is 0. The molecule has 0 amide bonds. The molecule has 0 unspecified atom stereocenters. The number of para-hydroxylation sites is 2. The van der Waals surface area contributed by atoms with E-state index in [4.69, 9.17) is 66.7 Å². The fraction of sp³-hybridized carbons (Fsp3) is 0.143. The molecule has 0 heterocycles. The second kappa shape index (κ2) is 8.20. The van der Waals surface area contributed by atoms with Gasteiger partial charge in [0.15, 0.2) is 0 Å². The first-order valence-electron chi connectivity index (χ1n) is 6.23. The highest BCUT2D eigenvalue weighted by Gasteiger charge is 2.28. The minimum atomic E-state index is -4.03. The summed E-state index contributed by atoms with van der Waals surface area (Å²) in [5.74, 6) is 0.318. The van der Waals surface area contributed by atoms with Gasteiger partial charge in [0, 0.05) is 22.4 Å². The van der Waals surface area contributed by atoms with E-state index in [9.17, 15) is 4.57 Å². The molecule has 23 heavy (non-hydrogen) atoms. The lowest BCUT2D eigenvalue weighted by Crippen LogP contribution is -2.00. The van der Waals surface area contributed by atoms with E-state index in [1.165, 1.54) is 12.1 Å². The highest BCUT2D eigenvalue weighted by Crippen LogP contribution is 2.55. The van der Waals surface area contributed by atoms with Crippen LogP contribution in [-0.2, 0) is 4.57 Å². The molecule has 2 aromatic carbocycles. The zero-order valence-corrected chi connectivity index (χ0v) is 16.0. The lowest BCUT2D eigenvalue weighted by Gasteiger charge is -2.18. The van der Waals surface area contributed by atoms with E-state index in [1.807, 2.05) is 0 Å². The first-order valence-corrected chi connectivity index (χ1v) is 10.4. The maximum absolute atomic E-state index is 12.5. The van der Waals surface area contributed by atoms with Crippen LogP contribution in [0.5, 0.6) is 11.5 Å². The van der Waals surface area contributed by atoms with Gasteiger partial charge in [-0.1, -0.05) is 82.8 Å². The molecule has 9 heteroatoms. The summed E-state index contributed by atoms with van der Waals surface area (Å²) in [4.78, 5) is -1.74. The van der Waals surface area contributed by atoms with Gasteiger partial charge in [0.25, 0.3) is 0 Å². The summed E-state index contributed by atoms with van der Waals surface area (Å²) < 4.78 is 23.0. The van der Waals surface area contributed by atoms with Crippen LogP contribution in [-0.4, -0.2) is 0 Å². The van der Waals surface area contributed by atoms with Gasteiger partial charge in [-0.05, 0) is 12.1 Å². The van der Waals surface area contributed by atoms with Crippen molar-refractivity contribution in [1.29, 1.82) is 0 Å². The lowest BCUT2D eigenvalue weighted by molar-refractivity contribution is 0.403. The van der Waals surface area contributed by atoms with E-state index in [1.54, 1.807) is 36.4 Å². The Kier molecular flexibility index (Phi) is 6.79. The Morgan fingerprint density at radius 2 is 1.09 bits per heavy atom. The maximum atomic E-state index is 12.5. The van der Waals surface area contributed by atoms with Crippen LogP contribution in [0.3, 0.4) is 0 Å². The van der Waals surface area contributed by atoms with Crippen LogP contribution >= 0.6 is 64.6 Å². The molecule has 0 aliphatic rings. The Hall–Kier alpha value is -0.280. The van der Waals surface area contributed by atoms with Gasteiger partial charge in [-0.3, -0.25) is 0 Å². The van der Waals surface area contributed by atoms with Crippen molar-refractivity contribution in [2.75, 3.05) is 0 Å². The summed E-state index contributed by atoms with van der Waals surface area (Å²) in [7, 11) is 0. The van der Waals surface area contributed by atoms with Crippen LogP contribution in [0.2, 0.25) is 0 Å². The highest BCUT2D eigenvalue weighted by atomic mass is 35.7. The van der Waals surface area contributed by atoms with Gasteiger partial charge < -0.3 is 9.05 Å². The molecular formula is C14H10Cl5O3P. The standard InChI is InChI=1S/C14H10Cl5O3P/c15-13(16)9-5-1-3-7-11(9)21-23(19,20)22-12-8-4-2-6-10(12)14(17)18/h1-8,13-14H. The number of alkyl halides is 4. The molecule has 0 fully saturated rings. The molecule has 3 nitrogen and oxygen atoms in total. The van der Waals surface area contributed by atoms with Crippen LogP contribution in [0, 0.1) is 0 Å². The molecule has 0 aliphatic heterocycles. The molecule has 124 valence electrons. The zero-order chi connectivity index (χ0) is 17.0. The average molecular weight is 434 g/mol. The van der Waals surface area contributed by atoms with Crippen LogP contribution in [0.25, 0.3) is 0 Å². The molecule has 0 atom stereocenters. The van der Waals surface area contributed by atoms with Crippen LogP contribution in [0.1, 0.15) is 20.8 Å². The van der Waals surface area contributed by atoms with Crippen molar-refractivity contribution < 1.29 is 13.6 Å². The smallest absolute Gasteiger partial charge is 0.404 e. The summed E-state index contributed by atoms with van der Waals surface area (Å²) in [6, 6.07) is 13.0. The van der Waals surface area contributed by atoms with Crippen molar-refractivity contribution in [3.05, 3.63) is 59.7 Å². The van der Waals surface area contributed by atoms with Crippen molar-refractivity contribution in [3.63, 3.8) is 0 Å². The second-order valence-corrected chi connectivity index (χ2v) is 8.95. The van der Waals surface area contributed by atoms with Crippen molar-refractivity contribution in [2.45, 2.75) is 9.67 Å². The first kappa shape index (κ1) is 19.1. The van der Waals surface area contributed by atoms with Crippen molar-refractivity contribution in [1.82, 2.24) is 0 Å². The monoisotopic (exact) mass is 432 g/mol. The minimum Gasteiger partial charge on any atom is -0.404 e. The van der Waals surface area contributed by atoms with Crippen molar-refractivity contribution >= 4 is 64.6 Å². The van der Waals surface area contributed by atoms with Gasteiger partial charge in [0.2, 0.25) is 0 Å². The third kappa shape index (κ3) is 5.35. The summed E-state index contributed by atoms with van der Waals surface area (Å²) >= 11 is 29.3. The third-order valence-corrected chi connectivity index (χ3v) is 4.91. The molecule has 0 bridgehead atoms. The predicted octanol–water partition coefficient (Wildman–Crippen LogP) is 7.44. The number of rotatable bonds is 6. The quantitative estimate of drug-likeness (QED) is 0.350. The summed E-state index contributed by atoms with van der Waals surface area (Å²) in [6.07, 6.45) is 0. The Bertz CT molecular complexity index is 666. The largest absolute Gasteiger partial charge is 0.530 e. The Morgan fingerprint density at radius 3 is 1.43 bits per heavy atom. The van der Waals surface area contributed by atoms with Crippen LogP contribution in [0.4, 0.5) is 0 Å². The molecule has 0 saturated heterocycles. The third-order valence-electron chi connectivity index (χ3n) is 2.72. The van der Waals surface area contributed by atoms with E-state index in [0.717, 1.165) is 0 Å². The predicted molar refractivity (Wildman–Crippen MR) is 96.5 cm³/mol. The fourth-order valence-corrected chi connectivity index (χ4v) is 3.75. The minimum absolute atomic E-state index is 0.159. The second-order valence-electron chi connectivity index (χ2n) is 4.29. The van der Waals surface area contributed by atoms with Gasteiger partial charge in [-0.2, -0.15) is 0 Å². The van der Waals surface area contributed by atoms with Gasteiger partial charge in [0.05, 0.1) is 0 Å². The molecule has 2 rings (SSSR count). The number of hydrogen-bond acceptors (Lipinski definition) is 3. The van der Waals surface area contributed by atoms with Crippen molar-refractivity contribution in [3.8, 4) is 11.5 Å². The Morgan fingerprint density at radius 1 is 0.739 bits per heavy atom. The summed E-state index contributed by atoms with van der Waals surface area (Å²) in [5.41, 5.74) is 0.835.